The molecule has 2 heteroatoms. The minimum atomic E-state index is 0.950. The Morgan fingerprint density at radius 2 is 1.64 bits per heavy atom. The molecule has 1 aromatic rings. The molecule has 2 nitrogen and oxygen atoms in total. The van der Waals surface area contributed by atoms with Gasteiger partial charge in [-0.05, 0) is 24.8 Å². The normalized spacial score (nSPS) is 32.8. The lowest BCUT2D eigenvalue weighted by Gasteiger charge is -2.37. The molecule has 3 rings (SSSR count). The van der Waals surface area contributed by atoms with E-state index in [1.807, 2.05) is 4.90 Å². The summed E-state index contributed by atoms with van der Waals surface area (Å²) >= 11 is 0. The summed E-state index contributed by atoms with van der Waals surface area (Å²) in [6.07, 6.45) is 6.93. The third-order valence-electron chi connectivity index (χ3n) is 5.96. The summed E-state index contributed by atoms with van der Waals surface area (Å²) in [6, 6.07) is 10.3. The molecule has 0 radical (unpaired) electrons. The van der Waals surface area contributed by atoms with Crippen molar-refractivity contribution in [2.24, 2.45) is 5.92 Å². The van der Waals surface area contributed by atoms with Gasteiger partial charge >= 0.3 is 0 Å². The van der Waals surface area contributed by atoms with Gasteiger partial charge in [0.1, 0.15) is 6.54 Å². The zero-order chi connectivity index (χ0) is 15.4. The third-order valence-corrected chi connectivity index (χ3v) is 5.96. The SMILES string of the molecule is CCc1ccc(C[NH+]2CCC([NH+]3CCC[C@H](C)C3)CC2)cc1. The van der Waals surface area contributed by atoms with E-state index in [4.69, 9.17) is 0 Å². The number of likely N-dealkylation sites (tertiary alicyclic amines) is 2. The molecule has 0 amide bonds. The Hall–Kier alpha value is -0.860. The molecule has 122 valence electrons. The van der Waals surface area contributed by atoms with Gasteiger partial charge in [-0.15, -0.1) is 0 Å². The van der Waals surface area contributed by atoms with E-state index in [0.717, 1.165) is 18.4 Å². The minimum Gasteiger partial charge on any atom is -0.332 e. The van der Waals surface area contributed by atoms with E-state index in [0.29, 0.717) is 0 Å². The number of hydrogen-bond acceptors (Lipinski definition) is 0. The maximum atomic E-state index is 2.44. The highest BCUT2D eigenvalue weighted by atomic mass is 15.2. The van der Waals surface area contributed by atoms with Crippen molar-refractivity contribution >= 4 is 0 Å². The number of benzene rings is 1. The second-order valence-corrected chi connectivity index (χ2v) is 7.73. The molecule has 22 heavy (non-hydrogen) atoms. The first kappa shape index (κ1) is 16.0. The Labute approximate surface area is 136 Å². The number of piperidine rings is 2. The van der Waals surface area contributed by atoms with E-state index in [1.54, 1.807) is 4.90 Å². The van der Waals surface area contributed by atoms with Crippen LogP contribution in [0.3, 0.4) is 0 Å². The van der Waals surface area contributed by atoms with Crippen molar-refractivity contribution in [3.05, 3.63) is 35.4 Å². The lowest BCUT2D eigenvalue weighted by atomic mass is 9.95. The fourth-order valence-corrected chi connectivity index (χ4v) is 4.49. The summed E-state index contributed by atoms with van der Waals surface area (Å²) < 4.78 is 0. The number of aryl methyl sites for hydroxylation is 1. The molecule has 0 bridgehead atoms. The second kappa shape index (κ2) is 7.61. The van der Waals surface area contributed by atoms with E-state index in [2.05, 4.69) is 38.1 Å². The first-order valence-corrected chi connectivity index (χ1v) is 9.50. The Morgan fingerprint density at radius 1 is 0.955 bits per heavy atom. The Morgan fingerprint density at radius 3 is 2.27 bits per heavy atom. The molecule has 2 aliphatic heterocycles. The molecule has 2 heterocycles. The van der Waals surface area contributed by atoms with Gasteiger partial charge in [0.2, 0.25) is 0 Å². The lowest BCUT2D eigenvalue weighted by molar-refractivity contribution is -0.967. The van der Waals surface area contributed by atoms with Gasteiger partial charge in [0.15, 0.2) is 0 Å². The van der Waals surface area contributed by atoms with Crippen molar-refractivity contribution in [3.8, 4) is 0 Å². The minimum absolute atomic E-state index is 0.950. The van der Waals surface area contributed by atoms with E-state index in [9.17, 15) is 0 Å². The van der Waals surface area contributed by atoms with Crippen molar-refractivity contribution in [1.29, 1.82) is 0 Å². The summed E-state index contributed by atoms with van der Waals surface area (Å²) in [5.41, 5.74) is 2.98. The van der Waals surface area contributed by atoms with Crippen LogP contribution in [0.1, 0.15) is 50.7 Å². The number of nitrogens with one attached hydrogen (secondary N) is 2. The zero-order valence-corrected chi connectivity index (χ0v) is 14.5. The monoisotopic (exact) mass is 302 g/mol. The van der Waals surface area contributed by atoms with Crippen LogP contribution in [0.25, 0.3) is 0 Å². The Kier molecular flexibility index (Phi) is 5.54. The van der Waals surface area contributed by atoms with Crippen LogP contribution in [0.2, 0.25) is 0 Å². The first-order chi connectivity index (χ1) is 10.7. The summed E-state index contributed by atoms with van der Waals surface area (Å²) in [6.45, 7) is 11.5. The molecule has 0 aliphatic carbocycles. The highest BCUT2D eigenvalue weighted by Crippen LogP contribution is 2.08. The molecule has 1 unspecified atom stereocenters. The van der Waals surface area contributed by atoms with Crippen molar-refractivity contribution in [1.82, 2.24) is 0 Å². The molecular weight excluding hydrogens is 268 g/mol. The summed E-state index contributed by atoms with van der Waals surface area (Å²) in [5.74, 6) is 0.950. The summed E-state index contributed by atoms with van der Waals surface area (Å²) in [7, 11) is 0. The molecule has 2 N–H and O–H groups in total. The topological polar surface area (TPSA) is 8.88 Å². The van der Waals surface area contributed by atoms with Crippen LogP contribution in [-0.2, 0) is 13.0 Å². The number of hydrogen-bond donors (Lipinski definition) is 2. The van der Waals surface area contributed by atoms with Crippen molar-refractivity contribution in [3.63, 3.8) is 0 Å². The van der Waals surface area contributed by atoms with Gasteiger partial charge in [0.25, 0.3) is 0 Å². The van der Waals surface area contributed by atoms with Gasteiger partial charge in [-0.25, -0.2) is 0 Å². The van der Waals surface area contributed by atoms with Crippen LogP contribution in [0, 0.1) is 5.92 Å². The largest absolute Gasteiger partial charge is 0.332 e. The zero-order valence-electron chi connectivity index (χ0n) is 14.5. The van der Waals surface area contributed by atoms with Crippen molar-refractivity contribution < 1.29 is 9.80 Å². The first-order valence-electron chi connectivity index (χ1n) is 9.50. The van der Waals surface area contributed by atoms with E-state index < -0.39 is 0 Å². The highest BCUT2D eigenvalue weighted by molar-refractivity contribution is 5.21. The molecule has 1 aromatic carbocycles. The fourth-order valence-electron chi connectivity index (χ4n) is 4.49. The van der Waals surface area contributed by atoms with Gasteiger partial charge in [-0.3, -0.25) is 0 Å². The van der Waals surface area contributed by atoms with Gasteiger partial charge in [0, 0.05) is 24.3 Å². The third kappa shape index (κ3) is 4.11. The summed E-state index contributed by atoms with van der Waals surface area (Å²) in [5, 5.41) is 0. The molecule has 0 spiro atoms. The van der Waals surface area contributed by atoms with Crippen LogP contribution in [0.15, 0.2) is 24.3 Å². The van der Waals surface area contributed by atoms with Gasteiger partial charge in [-0.1, -0.05) is 38.1 Å². The van der Waals surface area contributed by atoms with E-state index in [-0.39, 0.29) is 0 Å². The molecule has 2 saturated heterocycles. The molecular formula is C20H34N2+2. The highest BCUT2D eigenvalue weighted by Gasteiger charge is 2.32. The van der Waals surface area contributed by atoms with Crippen LogP contribution in [-0.4, -0.2) is 32.2 Å². The van der Waals surface area contributed by atoms with Crippen molar-refractivity contribution in [2.75, 3.05) is 26.2 Å². The quantitative estimate of drug-likeness (QED) is 0.824. The molecule has 0 aromatic heterocycles. The van der Waals surface area contributed by atoms with Crippen LogP contribution in [0.5, 0.6) is 0 Å². The average Bonchev–Trinajstić information content (AvgIpc) is 2.56. The predicted octanol–water partition coefficient (Wildman–Crippen LogP) is 1.11. The van der Waals surface area contributed by atoms with Crippen molar-refractivity contribution in [2.45, 2.75) is 58.5 Å². The lowest BCUT2D eigenvalue weighted by Crippen LogP contribution is -3.21. The summed E-state index contributed by atoms with van der Waals surface area (Å²) in [4.78, 5) is 3.72. The number of quaternary nitrogens is 2. The molecule has 2 aliphatic rings. The predicted molar refractivity (Wildman–Crippen MR) is 92.3 cm³/mol. The fraction of sp³-hybridized carbons (Fsp3) is 0.700. The van der Waals surface area contributed by atoms with Gasteiger partial charge in [-0.2, -0.15) is 0 Å². The molecule has 2 atom stereocenters. The van der Waals surface area contributed by atoms with Gasteiger partial charge in [0.05, 0.1) is 32.2 Å². The maximum absolute atomic E-state index is 2.44. The Bertz CT molecular complexity index is 445. The Balaban J connectivity index is 1.46. The maximum Gasteiger partial charge on any atom is 0.103 e. The van der Waals surface area contributed by atoms with E-state index in [1.165, 1.54) is 69.5 Å². The second-order valence-electron chi connectivity index (χ2n) is 7.73. The molecule has 0 saturated carbocycles. The van der Waals surface area contributed by atoms with Crippen LogP contribution >= 0.6 is 0 Å². The molecule has 2 fully saturated rings. The average molecular weight is 303 g/mol. The van der Waals surface area contributed by atoms with E-state index >= 15 is 0 Å². The standard InChI is InChI=1S/C20H32N2/c1-3-18-6-8-19(9-7-18)16-21-13-10-20(11-14-21)22-12-4-5-17(2)15-22/h6-9,17,20H,3-5,10-16H2,1-2H3/p+2/t17-/m0/s1. The van der Waals surface area contributed by atoms with Crippen LogP contribution in [0.4, 0.5) is 0 Å². The van der Waals surface area contributed by atoms with Gasteiger partial charge < -0.3 is 9.80 Å². The number of rotatable bonds is 4. The van der Waals surface area contributed by atoms with Crippen LogP contribution < -0.4 is 9.80 Å². The smallest absolute Gasteiger partial charge is 0.103 e.